The lowest BCUT2D eigenvalue weighted by molar-refractivity contribution is 0.588. The average molecular weight is 1040 g/mol. The predicted molar refractivity (Wildman–Crippen MR) is 290 cm³/mol. The Hall–Kier alpha value is -10.3. The van der Waals surface area contributed by atoms with Crippen LogP contribution >= 0.6 is 0 Å². The smallest absolute Gasteiger partial charge is 0.133 e. The van der Waals surface area contributed by atoms with Gasteiger partial charge in [-0.2, -0.15) is 10.5 Å². The van der Waals surface area contributed by atoms with Crippen molar-refractivity contribution in [1.29, 1.82) is 10.5 Å². The fraction of sp³-hybridized carbons (Fsp3) is 0. The van der Waals surface area contributed by atoms with E-state index in [0.29, 0.717) is 44.3 Å². The maximum atomic E-state index is 15.8. The van der Waals surface area contributed by atoms with Crippen molar-refractivity contribution in [3.05, 3.63) is 264 Å². The van der Waals surface area contributed by atoms with Crippen LogP contribution in [0.1, 0.15) is 11.1 Å². The predicted octanol–water partition coefficient (Wildman–Crippen LogP) is 19.0. The van der Waals surface area contributed by atoms with Crippen LogP contribution in [0.3, 0.4) is 0 Å². The van der Waals surface area contributed by atoms with Gasteiger partial charge in [0, 0.05) is 33.5 Å². The van der Waals surface area contributed by atoms with Gasteiger partial charge in [-0.05, 0) is 177 Å². The molecule has 4 nitrogen and oxygen atoms in total. The van der Waals surface area contributed by atoms with Crippen molar-refractivity contribution in [2.75, 3.05) is 9.80 Å². The molecule has 0 aromatic heterocycles. The summed E-state index contributed by atoms with van der Waals surface area (Å²) in [5.41, 5.74) is 0.861. The van der Waals surface area contributed by atoms with Gasteiger partial charge in [-0.25, -0.2) is 35.1 Å². The monoisotopic (exact) mass is 1030 g/mol. The lowest BCUT2D eigenvalue weighted by atomic mass is 9.91. The second kappa shape index (κ2) is 19.4. The molecule has 0 amide bonds. The molecular formula is C66H34F8N4. The number of halogens is 8. The van der Waals surface area contributed by atoms with Crippen LogP contribution in [0.15, 0.2) is 206 Å². The van der Waals surface area contributed by atoms with Crippen LogP contribution in [-0.2, 0) is 0 Å². The van der Waals surface area contributed by atoms with Crippen LogP contribution < -0.4 is 9.80 Å². The lowest BCUT2D eigenvalue weighted by Gasteiger charge is -2.30. The van der Waals surface area contributed by atoms with Gasteiger partial charge >= 0.3 is 0 Å². The van der Waals surface area contributed by atoms with E-state index in [1.165, 1.54) is 60.7 Å². The molecule has 12 rings (SSSR count). The molecule has 0 saturated carbocycles. The second-order valence-corrected chi connectivity index (χ2v) is 18.5. The molecule has 374 valence electrons. The first-order valence-corrected chi connectivity index (χ1v) is 24.3. The van der Waals surface area contributed by atoms with Crippen molar-refractivity contribution < 1.29 is 35.1 Å². The van der Waals surface area contributed by atoms with Crippen molar-refractivity contribution in [2.24, 2.45) is 0 Å². The first kappa shape index (κ1) is 48.6. The zero-order chi connectivity index (χ0) is 53.9. The first-order valence-electron chi connectivity index (χ1n) is 24.3. The fourth-order valence-corrected chi connectivity index (χ4v) is 10.6. The highest BCUT2D eigenvalue weighted by atomic mass is 19.2. The topological polar surface area (TPSA) is 54.1 Å². The third kappa shape index (κ3) is 8.33. The van der Waals surface area contributed by atoms with E-state index in [4.69, 9.17) is 0 Å². The summed E-state index contributed by atoms with van der Waals surface area (Å²) in [7, 11) is 0. The molecule has 78 heavy (non-hydrogen) atoms. The number of anilines is 6. The van der Waals surface area contributed by atoms with Crippen LogP contribution in [0.4, 0.5) is 69.2 Å². The van der Waals surface area contributed by atoms with E-state index in [1.807, 2.05) is 48.5 Å². The van der Waals surface area contributed by atoms with Crippen molar-refractivity contribution >= 4 is 66.4 Å². The highest BCUT2D eigenvalue weighted by Gasteiger charge is 2.27. The number of benzene rings is 12. The van der Waals surface area contributed by atoms with Crippen LogP contribution in [0.2, 0.25) is 0 Å². The van der Waals surface area contributed by atoms with Gasteiger partial charge in [0.15, 0.2) is 0 Å². The van der Waals surface area contributed by atoms with Crippen LogP contribution in [-0.4, -0.2) is 0 Å². The maximum absolute atomic E-state index is 15.8. The Morgan fingerprint density at radius 3 is 0.859 bits per heavy atom. The third-order valence-electron chi connectivity index (χ3n) is 13.9. The van der Waals surface area contributed by atoms with Crippen molar-refractivity contribution in [3.8, 4) is 56.6 Å². The molecule has 12 aromatic carbocycles. The minimum atomic E-state index is -0.918. The molecule has 12 aromatic rings. The summed E-state index contributed by atoms with van der Waals surface area (Å²) in [4.78, 5) is 3.49. The van der Waals surface area contributed by atoms with Crippen LogP contribution in [0, 0.1) is 69.2 Å². The van der Waals surface area contributed by atoms with E-state index in [2.05, 4.69) is 12.1 Å². The highest BCUT2D eigenvalue weighted by Crippen LogP contribution is 2.50. The second-order valence-electron chi connectivity index (χ2n) is 18.5. The zero-order valence-corrected chi connectivity index (χ0v) is 40.4. The molecule has 0 fully saturated rings. The maximum Gasteiger partial charge on any atom is 0.133 e. The third-order valence-corrected chi connectivity index (χ3v) is 13.9. The number of nitrogens with zero attached hydrogens (tertiary/aromatic N) is 4. The molecule has 0 aliphatic rings. The molecule has 12 heteroatoms. The molecule has 0 radical (unpaired) electrons. The van der Waals surface area contributed by atoms with E-state index in [0.717, 1.165) is 59.3 Å². The van der Waals surface area contributed by atoms with Gasteiger partial charge in [-0.3, -0.25) is 0 Å². The largest absolute Gasteiger partial charge is 0.310 e. The minimum absolute atomic E-state index is 0.0344. The molecule has 0 aliphatic heterocycles. The van der Waals surface area contributed by atoms with Crippen LogP contribution in [0.25, 0.3) is 76.8 Å². The number of hydrogen-bond acceptors (Lipinski definition) is 4. The minimum Gasteiger partial charge on any atom is -0.310 e. The summed E-state index contributed by atoms with van der Waals surface area (Å²) in [5, 5.41) is 24.6. The Kier molecular flexibility index (Phi) is 12.1. The van der Waals surface area contributed by atoms with E-state index >= 15 is 35.1 Å². The Morgan fingerprint density at radius 2 is 0.564 bits per heavy atom. The Balaban J connectivity index is 1.14. The SMILES string of the molecule is N#Cc1cccc(N(c2cc(-c3c(F)cccc3F)cc(-c3c(F)cccc3F)c2)c2ccc3ccc4c(N(c5cccc(C#N)c5)c5cc(-c6c(F)cccc6F)cc(-c6c(F)cccc6F)c5)ccc5ccc2c3c54)c1. The summed E-state index contributed by atoms with van der Waals surface area (Å²) in [6.07, 6.45) is 0. The molecule has 0 unspecified atom stereocenters. The summed E-state index contributed by atoms with van der Waals surface area (Å²) in [5.74, 6) is -7.34. The van der Waals surface area contributed by atoms with Gasteiger partial charge in [0.05, 0.1) is 56.9 Å². The van der Waals surface area contributed by atoms with E-state index in [1.54, 1.807) is 58.3 Å². The Labute approximate surface area is 440 Å². The number of nitriles is 2. The summed E-state index contributed by atoms with van der Waals surface area (Å²) >= 11 is 0. The number of hydrogen-bond donors (Lipinski definition) is 0. The molecule has 0 atom stereocenters. The van der Waals surface area contributed by atoms with Gasteiger partial charge in [0.1, 0.15) is 46.5 Å². The van der Waals surface area contributed by atoms with Crippen LogP contribution in [0.5, 0.6) is 0 Å². The standard InChI is InChI=1S/C66H34F8N4/c67-51-11-3-12-52(68)63(51)41-29-42(64-53(69)13-4-14-54(64)70)32-47(31-41)77(45-9-1-7-37(27-45)35-75)59-25-21-39-20-24-50-60(26-22-40-19-23-49(59)61(39)62(40)50)78(46-10-2-8-38(28-46)36-76)48-33-43(65-55(71)15-5-16-56(65)72)30-44(34-48)66-57(73)17-6-18-58(66)74/h1-34H. The van der Waals surface area contributed by atoms with Gasteiger partial charge in [-0.1, -0.05) is 72.8 Å². The quantitative estimate of drug-likeness (QED) is 0.101. The molecule has 0 spiro atoms. The summed E-state index contributed by atoms with van der Waals surface area (Å²) < 4.78 is 127. The first-order chi connectivity index (χ1) is 37.9. The lowest BCUT2D eigenvalue weighted by Crippen LogP contribution is -2.12. The van der Waals surface area contributed by atoms with Gasteiger partial charge in [0.25, 0.3) is 0 Å². The summed E-state index contributed by atoms with van der Waals surface area (Å²) in [6, 6.07) is 54.8. The molecule has 0 heterocycles. The molecule has 0 N–H and O–H groups in total. The van der Waals surface area contributed by atoms with E-state index in [9.17, 15) is 10.5 Å². The van der Waals surface area contributed by atoms with Crippen molar-refractivity contribution in [2.45, 2.75) is 0 Å². The molecule has 0 aliphatic carbocycles. The Morgan fingerprint density at radius 1 is 0.282 bits per heavy atom. The summed E-state index contributed by atoms with van der Waals surface area (Å²) in [6.45, 7) is 0. The van der Waals surface area contributed by atoms with Crippen molar-refractivity contribution in [1.82, 2.24) is 0 Å². The van der Waals surface area contributed by atoms with Gasteiger partial charge in [-0.15, -0.1) is 0 Å². The molecular weight excluding hydrogens is 1000 g/mol. The normalized spacial score (nSPS) is 11.3. The molecule has 0 bridgehead atoms. The van der Waals surface area contributed by atoms with E-state index < -0.39 is 68.8 Å². The fourth-order valence-electron chi connectivity index (χ4n) is 10.6. The Bertz CT molecular complexity index is 4000. The van der Waals surface area contributed by atoms with Gasteiger partial charge in [0.2, 0.25) is 0 Å². The zero-order valence-electron chi connectivity index (χ0n) is 40.4. The average Bonchev–Trinajstić information content (AvgIpc) is 3.47. The van der Waals surface area contributed by atoms with Gasteiger partial charge < -0.3 is 9.80 Å². The molecule has 0 saturated heterocycles. The van der Waals surface area contributed by atoms with E-state index in [-0.39, 0.29) is 44.8 Å². The number of rotatable bonds is 10. The highest BCUT2D eigenvalue weighted by molar-refractivity contribution is 6.28. The van der Waals surface area contributed by atoms with Crippen molar-refractivity contribution in [3.63, 3.8) is 0 Å².